The quantitative estimate of drug-likeness (QED) is 0.687. The summed E-state index contributed by atoms with van der Waals surface area (Å²) < 4.78 is 9.80. The average molecular weight is 351 g/mol. The van der Waals surface area contributed by atoms with Crippen LogP contribution in [-0.2, 0) is 4.74 Å². The van der Waals surface area contributed by atoms with Gasteiger partial charge in [0.2, 0.25) is 5.95 Å². The maximum absolute atomic E-state index is 12.0. The molecule has 1 aromatic heterocycles. The third-order valence-electron chi connectivity index (χ3n) is 3.70. The normalized spacial score (nSPS) is 10.2. The van der Waals surface area contributed by atoms with Gasteiger partial charge in [-0.2, -0.15) is 0 Å². The highest BCUT2D eigenvalue weighted by molar-refractivity contribution is 5.89. The number of nitrogens with zero attached hydrogens (tertiary/aromatic N) is 1. The van der Waals surface area contributed by atoms with Crippen LogP contribution in [-0.4, -0.2) is 30.2 Å². The minimum Gasteiger partial charge on any atom is -0.497 e. The van der Waals surface area contributed by atoms with Crippen LogP contribution in [0.25, 0.3) is 11.3 Å². The molecule has 0 unspecified atom stereocenters. The lowest BCUT2D eigenvalue weighted by Crippen LogP contribution is -2.10. The lowest BCUT2D eigenvalue weighted by atomic mass is 10.1. The molecule has 0 saturated carbocycles. The molecule has 1 heterocycles. The summed E-state index contributed by atoms with van der Waals surface area (Å²) in [7, 11) is 2.92. The van der Waals surface area contributed by atoms with E-state index in [4.69, 9.17) is 4.74 Å². The summed E-state index contributed by atoms with van der Waals surface area (Å²) in [6.07, 6.45) is 0. The predicted molar refractivity (Wildman–Crippen MR) is 97.9 cm³/mol. The van der Waals surface area contributed by atoms with Crippen molar-refractivity contribution in [1.29, 1.82) is 0 Å². The average Bonchev–Trinajstić information content (AvgIpc) is 2.67. The Bertz CT molecular complexity index is 963. The van der Waals surface area contributed by atoms with Crippen LogP contribution in [0, 0.1) is 0 Å². The van der Waals surface area contributed by atoms with Crippen molar-refractivity contribution in [3.8, 4) is 17.0 Å². The smallest absolute Gasteiger partial charge is 0.337 e. The topological polar surface area (TPSA) is 93.3 Å². The Morgan fingerprint density at radius 3 is 2.35 bits per heavy atom. The van der Waals surface area contributed by atoms with E-state index in [2.05, 4.69) is 20.0 Å². The Hall–Kier alpha value is -3.61. The van der Waals surface area contributed by atoms with Crippen molar-refractivity contribution in [2.45, 2.75) is 0 Å². The molecule has 0 aliphatic rings. The standard InChI is InChI=1S/C19H17N3O4/c1-25-15-9-5-12(6-10-15)16-11-17(23)22-19(21-16)20-14-7-3-13(4-8-14)18(24)26-2/h3-11H,1-2H3,(H2,20,21,22,23). The lowest BCUT2D eigenvalue weighted by molar-refractivity contribution is 0.0601. The zero-order chi connectivity index (χ0) is 18.5. The van der Waals surface area contributed by atoms with E-state index in [0.29, 0.717) is 22.9 Å². The lowest BCUT2D eigenvalue weighted by Gasteiger charge is -2.08. The molecular formula is C19H17N3O4. The van der Waals surface area contributed by atoms with Crippen LogP contribution in [0.4, 0.5) is 11.6 Å². The molecule has 132 valence electrons. The Morgan fingerprint density at radius 1 is 1.04 bits per heavy atom. The molecular weight excluding hydrogens is 334 g/mol. The van der Waals surface area contributed by atoms with Crippen molar-refractivity contribution in [3.05, 3.63) is 70.5 Å². The van der Waals surface area contributed by atoms with Crippen molar-refractivity contribution < 1.29 is 14.3 Å². The summed E-state index contributed by atoms with van der Waals surface area (Å²) in [6.45, 7) is 0. The molecule has 0 spiro atoms. The maximum Gasteiger partial charge on any atom is 0.337 e. The minimum absolute atomic E-state index is 0.278. The molecule has 0 saturated heterocycles. The number of H-pyrrole nitrogens is 1. The minimum atomic E-state index is -0.412. The molecule has 0 amide bonds. The Balaban J connectivity index is 1.85. The molecule has 0 atom stereocenters. The molecule has 0 aliphatic carbocycles. The molecule has 0 bridgehead atoms. The van der Waals surface area contributed by atoms with Gasteiger partial charge in [0, 0.05) is 17.3 Å². The fraction of sp³-hybridized carbons (Fsp3) is 0.105. The number of carbonyl (C=O) groups is 1. The molecule has 3 rings (SSSR count). The molecule has 2 N–H and O–H groups in total. The molecule has 3 aromatic rings. The number of ether oxygens (including phenoxy) is 2. The SMILES string of the molecule is COC(=O)c1ccc(Nc2nc(-c3ccc(OC)cc3)cc(=O)[nH]2)cc1. The zero-order valence-electron chi connectivity index (χ0n) is 14.3. The number of methoxy groups -OCH3 is 2. The zero-order valence-corrected chi connectivity index (χ0v) is 14.3. The fourth-order valence-electron chi connectivity index (χ4n) is 2.37. The summed E-state index contributed by atoms with van der Waals surface area (Å²) in [5, 5.41) is 3.02. The van der Waals surface area contributed by atoms with Crippen molar-refractivity contribution in [1.82, 2.24) is 9.97 Å². The van der Waals surface area contributed by atoms with Crippen LogP contribution >= 0.6 is 0 Å². The Morgan fingerprint density at radius 2 is 1.73 bits per heavy atom. The van der Waals surface area contributed by atoms with Gasteiger partial charge in [-0.05, 0) is 48.5 Å². The van der Waals surface area contributed by atoms with E-state index in [1.165, 1.54) is 13.2 Å². The Kier molecular flexibility index (Phi) is 4.98. The van der Waals surface area contributed by atoms with E-state index < -0.39 is 5.97 Å². The Labute approximate surface area is 149 Å². The number of anilines is 2. The molecule has 7 nitrogen and oxygen atoms in total. The van der Waals surface area contributed by atoms with E-state index in [1.807, 2.05) is 12.1 Å². The van der Waals surface area contributed by atoms with Gasteiger partial charge in [0.25, 0.3) is 5.56 Å². The first-order chi connectivity index (χ1) is 12.6. The highest BCUT2D eigenvalue weighted by atomic mass is 16.5. The van der Waals surface area contributed by atoms with Gasteiger partial charge in [-0.15, -0.1) is 0 Å². The molecule has 7 heteroatoms. The summed E-state index contributed by atoms with van der Waals surface area (Å²) in [6, 6.07) is 15.3. The van der Waals surface area contributed by atoms with E-state index in [1.54, 1.807) is 43.5 Å². The largest absolute Gasteiger partial charge is 0.497 e. The molecule has 2 aromatic carbocycles. The summed E-state index contributed by atoms with van der Waals surface area (Å²) >= 11 is 0. The number of esters is 1. The number of aromatic amines is 1. The number of aromatic nitrogens is 2. The first-order valence-corrected chi connectivity index (χ1v) is 7.80. The van der Waals surface area contributed by atoms with E-state index in [9.17, 15) is 9.59 Å². The van der Waals surface area contributed by atoms with Crippen LogP contribution in [0.1, 0.15) is 10.4 Å². The number of hydrogen-bond donors (Lipinski definition) is 2. The number of hydrogen-bond acceptors (Lipinski definition) is 6. The molecule has 26 heavy (non-hydrogen) atoms. The summed E-state index contributed by atoms with van der Waals surface area (Å²) in [5.74, 6) is 0.612. The van der Waals surface area contributed by atoms with Crippen LogP contribution < -0.4 is 15.6 Å². The summed E-state index contributed by atoms with van der Waals surface area (Å²) in [5.41, 5.74) is 2.16. The second kappa shape index (κ2) is 7.52. The fourth-order valence-corrected chi connectivity index (χ4v) is 2.37. The van der Waals surface area contributed by atoms with Crippen molar-refractivity contribution in [2.24, 2.45) is 0 Å². The first-order valence-electron chi connectivity index (χ1n) is 7.80. The second-order valence-corrected chi connectivity index (χ2v) is 5.40. The van der Waals surface area contributed by atoms with Gasteiger partial charge >= 0.3 is 5.97 Å². The van der Waals surface area contributed by atoms with Gasteiger partial charge in [-0.3, -0.25) is 9.78 Å². The van der Waals surface area contributed by atoms with E-state index in [-0.39, 0.29) is 5.56 Å². The highest BCUT2D eigenvalue weighted by Crippen LogP contribution is 2.21. The van der Waals surface area contributed by atoms with Gasteiger partial charge in [-0.1, -0.05) is 0 Å². The third-order valence-corrected chi connectivity index (χ3v) is 3.70. The molecule has 0 aliphatic heterocycles. The van der Waals surface area contributed by atoms with Crippen molar-refractivity contribution in [3.63, 3.8) is 0 Å². The monoisotopic (exact) mass is 351 g/mol. The number of nitrogens with one attached hydrogen (secondary N) is 2. The van der Waals surface area contributed by atoms with Crippen LogP contribution in [0.3, 0.4) is 0 Å². The highest BCUT2D eigenvalue weighted by Gasteiger charge is 2.07. The van der Waals surface area contributed by atoms with E-state index in [0.717, 1.165) is 11.3 Å². The maximum atomic E-state index is 12.0. The first kappa shape index (κ1) is 17.2. The van der Waals surface area contributed by atoms with E-state index >= 15 is 0 Å². The van der Waals surface area contributed by atoms with Gasteiger partial charge in [0.15, 0.2) is 0 Å². The second-order valence-electron chi connectivity index (χ2n) is 5.40. The van der Waals surface area contributed by atoms with Gasteiger partial charge in [-0.25, -0.2) is 9.78 Å². The van der Waals surface area contributed by atoms with Gasteiger partial charge < -0.3 is 14.8 Å². The van der Waals surface area contributed by atoms with Crippen LogP contribution in [0.15, 0.2) is 59.4 Å². The number of rotatable bonds is 5. The number of benzene rings is 2. The molecule has 0 fully saturated rings. The van der Waals surface area contributed by atoms with Gasteiger partial charge in [0.05, 0.1) is 25.5 Å². The van der Waals surface area contributed by atoms with Crippen molar-refractivity contribution >= 4 is 17.6 Å². The summed E-state index contributed by atoms with van der Waals surface area (Å²) in [4.78, 5) is 30.5. The third kappa shape index (κ3) is 3.89. The van der Waals surface area contributed by atoms with Crippen LogP contribution in [0.2, 0.25) is 0 Å². The predicted octanol–water partition coefficient (Wildman–Crippen LogP) is 2.98. The number of carbonyl (C=O) groups excluding carboxylic acids is 1. The van der Waals surface area contributed by atoms with Gasteiger partial charge in [0.1, 0.15) is 5.75 Å². The van der Waals surface area contributed by atoms with Crippen LogP contribution in [0.5, 0.6) is 5.75 Å². The van der Waals surface area contributed by atoms with Crippen molar-refractivity contribution in [2.75, 3.05) is 19.5 Å². The molecule has 0 radical (unpaired) electrons.